The molecule has 0 aromatic carbocycles. The van der Waals surface area contributed by atoms with Gasteiger partial charge in [-0.1, -0.05) is 25.3 Å². The van der Waals surface area contributed by atoms with Crippen molar-refractivity contribution in [1.82, 2.24) is 10.3 Å². The first-order valence-electron chi connectivity index (χ1n) is 7.58. The molecule has 0 aliphatic heterocycles. The summed E-state index contributed by atoms with van der Waals surface area (Å²) < 4.78 is 4.77. The smallest absolute Gasteiger partial charge is 0.328 e. The minimum atomic E-state index is -0.606. The van der Waals surface area contributed by atoms with Gasteiger partial charge in [0, 0.05) is 18.0 Å². The molecule has 1 amide bonds. The van der Waals surface area contributed by atoms with E-state index >= 15 is 0 Å². The number of hydrogen-bond acceptors (Lipinski definition) is 4. The van der Waals surface area contributed by atoms with Gasteiger partial charge >= 0.3 is 5.97 Å². The number of carbonyl (C=O) groups excluding carboxylic acids is 2. The van der Waals surface area contributed by atoms with Crippen LogP contribution in [0.4, 0.5) is 0 Å². The minimum absolute atomic E-state index is 0.288. The summed E-state index contributed by atoms with van der Waals surface area (Å²) in [5.74, 6) is -0.696. The van der Waals surface area contributed by atoms with Gasteiger partial charge in [0.1, 0.15) is 6.04 Å². The molecule has 5 nitrogen and oxygen atoms in total. The van der Waals surface area contributed by atoms with Crippen LogP contribution in [0.5, 0.6) is 0 Å². The second-order valence-electron chi connectivity index (χ2n) is 5.07. The molecule has 1 aromatic rings. The zero-order valence-corrected chi connectivity index (χ0v) is 13.1. The van der Waals surface area contributed by atoms with Crippen LogP contribution in [0.25, 0.3) is 0 Å². The molecule has 5 heteroatoms. The van der Waals surface area contributed by atoms with Crippen LogP contribution in [0.3, 0.4) is 0 Å². The quantitative estimate of drug-likeness (QED) is 0.410. The summed E-state index contributed by atoms with van der Waals surface area (Å²) in [6, 6.07) is 2.61. The second-order valence-corrected chi connectivity index (χ2v) is 5.07. The summed E-state index contributed by atoms with van der Waals surface area (Å²) >= 11 is 0. The Hall–Kier alpha value is -2.17. The molecule has 1 rings (SSSR count). The Kier molecular flexibility index (Phi) is 8.57. The van der Waals surface area contributed by atoms with E-state index in [4.69, 9.17) is 4.74 Å². The van der Waals surface area contributed by atoms with Crippen molar-refractivity contribution in [3.05, 3.63) is 42.7 Å². The molecule has 0 aliphatic rings. The number of esters is 1. The van der Waals surface area contributed by atoms with Gasteiger partial charge in [0.2, 0.25) is 0 Å². The summed E-state index contributed by atoms with van der Waals surface area (Å²) in [6.07, 6.45) is 10.7. The van der Waals surface area contributed by atoms with E-state index in [0.29, 0.717) is 12.0 Å². The van der Waals surface area contributed by atoms with Crippen LogP contribution < -0.4 is 5.32 Å². The van der Waals surface area contributed by atoms with Gasteiger partial charge in [-0.2, -0.15) is 0 Å². The number of nitrogens with zero attached hydrogens (tertiary/aromatic N) is 1. The van der Waals surface area contributed by atoms with Gasteiger partial charge in [0.15, 0.2) is 0 Å². The van der Waals surface area contributed by atoms with Crippen molar-refractivity contribution >= 4 is 11.9 Å². The van der Waals surface area contributed by atoms with Crippen molar-refractivity contribution in [2.24, 2.45) is 0 Å². The first-order chi connectivity index (χ1) is 10.7. The fourth-order valence-corrected chi connectivity index (χ4v) is 2.13. The summed E-state index contributed by atoms with van der Waals surface area (Å²) in [5, 5.41) is 2.73. The van der Waals surface area contributed by atoms with Crippen molar-refractivity contribution < 1.29 is 14.3 Å². The third kappa shape index (κ3) is 6.52. The predicted octanol–water partition coefficient (Wildman–Crippen LogP) is 2.88. The third-order valence-electron chi connectivity index (χ3n) is 3.38. The largest absolute Gasteiger partial charge is 0.467 e. The predicted molar refractivity (Wildman–Crippen MR) is 85.4 cm³/mol. The monoisotopic (exact) mass is 304 g/mol. The zero-order valence-electron chi connectivity index (χ0n) is 13.1. The number of carbonyl (C=O) groups is 2. The van der Waals surface area contributed by atoms with Gasteiger partial charge in [0.25, 0.3) is 5.91 Å². The highest BCUT2D eigenvalue weighted by Gasteiger charge is 2.21. The first kappa shape index (κ1) is 17.9. The Labute approximate surface area is 131 Å². The second kappa shape index (κ2) is 10.5. The van der Waals surface area contributed by atoms with Gasteiger partial charge in [0.05, 0.1) is 7.11 Å². The Morgan fingerprint density at radius 1 is 1.27 bits per heavy atom. The lowest BCUT2D eigenvalue weighted by Gasteiger charge is -2.16. The average Bonchev–Trinajstić information content (AvgIpc) is 2.56. The lowest BCUT2D eigenvalue weighted by Crippen LogP contribution is -2.41. The highest BCUT2D eigenvalue weighted by molar-refractivity contribution is 5.96. The number of aromatic nitrogens is 1. The Balaban J connectivity index is 2.45. The number of unbranched alkanes of at least 4 members (excludes halogenated alkanes) is 4. The topological polar surface area (TPSA) is 68.3 Å². The van der Waals surface area contributed by atoms with E-state index in [0.717, 1.165) is 32.1 Å². The van der Waals surface area contributed by atoms with Crippen molar-refractivity contribution in [3.8, 4) is 0 Å². The maximum Gasteiger partial charge on any atom is 0.328 e. The van der Waals surface area contributed by atoms with E-state index in [-0.39, 0.29) is 5.91 Å². The Morgan fingerprint density at radius 3 is 2.59 bits per heavy atom. The molecule has 0 aliphatic carbocycles. The lowest BCUT2D eigenvalue weighted by atomic mass is 10.1. The number of pyridine rings is 1. The molecule has 22 heavy (non-hydrogen) atoms. The van der Waals surface area contributed by atoms with Crippen LogP contribution in [-0.2, 0) is 9.53 Å². The van der Waals surface area contributed by atoms with E-state index in [1.54, 1.807) is 24.5 Å². The molecule has 0 spiro atoms. The van der Waals surface area contributed by atoms with Gasteiger partial charge in [-0.3, -0.25) is 9.78 Å². The van der Waals surface area contributed by atoms with E-state index in [1.165, 1.54) is 7.11 Å². The molecule has 0 saturated heterocycles. The summed E-state index contributed by atoms with van der Waals surface area (Å²) in [6.45, 7) is 3.69. The maximum atomic E-state index is 12.1. The molecular formula is C17H24N2O3. The number of rotatable bonds is 10. The number of amides is 1. The van der Waals surface area contributed by atoms with Gasteiger partial charge in [-0.25, -0.2) is 4.79 Å². The molecule has 0 saturated carbocycles. The molecule has 1 aromatic heterocycles. The number of nitrogens with one attached hydrogen (secondary N) is 1. The molecular weight excluding hydrogens is 280 g/mol. The fraction of sp³-hybridized carbons (Fsp3) is 0.471. The van der Waals surface area contributed by atoms with Crippen molar-refractivity contribution in [1.29, 1.82) is 0 Å². The zero-order chi connectivity index (χ0) is 16.2. The molecule has 0 bridgehead atoms. The third-order valence-corrected chi connectivity index (χ3v) is 3.38. The molecule has 0 unspecified atom stereocenters. The van der Waals surface area contributed by atoms with Crippen molar-refractivity contribution in [3.63, 3.8) is 0 Å². The van der Waals surface area contributed by atoms with Crippen LogP contribution in [-0.4, -0.2) is 30.0 Å². The van der Waals surface area contributed by atoms with Crippen molar-refractivity contribution in [2.75, 3.05) is 7.11 Å². The number of ether oxygens (including phenoxy) is 1. The molecule has 1 N–H and O–H groups in total. The van der Waals surface area contributed by atoms with Gasteiger partial charge < -0.3 is 10.1 Å². The van der Waals surface area contributed by atoms with E-state index in [9.17, 15) is 9.59 Å². The number of allylic oxidation sites excluding steroid dienone is 1. The SMILES string of the molecule is C=CCCCCCC[C@H](NC(=O)c1ccncc1)C(=O)OC. The fourth-order valence-electron chi connectivity index (χ4n) is 2.13. The van der Waals surface area contributed by atoms with Crippen LogP contribution in [0, 0.1) is 0 Å². The van der Waals surface area contributed by atoms with Gasteiger partial charge in [-0.15, -0.1) is 6.58 Å². The lowest BCUT2D eigenvalue weighted by molar-refractivity contribution is -0.143. The summed E-state index contributed by atoms with van der Waals surface area (Å²) in [4.78, 5) is 27.7. The highest BCUT2D eigenvalue weighted by Crippen LogP contribution is 2.09. The molecule has 1 atom stereocenters. The molecule has 120 valence electrons. The summed E-state index contributed by atoms with van der Waals surface area (Å²) in [5.41, 5.74) is 0.481. The Morgan fingerprint density at radius 2 is 1.95 bits per heavy atom. The van der Waals surface area contributed by atoms with E-state index in [2.05, 4.69) is 16.9 Å². The maximum absolute atomic E-state index is 12.1. The van der Waals surface area contributed by atoms with Crippen LogP contribution in [0.1, 0.15) is 48.9 Å². The minimum Gasteiger partial charge on any atom is -0.467 e. The summed E-state index contributed by atoms with van der Waals surface area (Å²) in [7, 11) is 1.33. The van der Waals surface area contributed by atoms with Crippen LogP contribution >= 0.6 is 0 Å². The number of hydrogen-bond donors (Lipinski definition) is 1. The van der Waals surface area contributed by atoms with Crippen LogP contribution in [0.2, 0.25) is 0 Å². The highest BCUT2D eigenvalue weighted by atomic mass is 16.5. The van der Waals surface area contributed by atoms with Crippen LogP contribution in [0.15, 0.2) is 37.2 Å². The van der Waals surface area contributed by atoms with Gasteiger partial charge in [-0.05, 0) is 31.4 Å². The standard InChI is InChI=1S/C17H24N2O3/c1-3-4-5-6-7-8-9-15(17(21)22-2)19-16(20)14-10-12-18-13-11-14/h3,10-13,15H,1,4-9H2,2H3,(H,19,20)/t15-/m0/s1. The molecule has 0 radical (unpaired) electrons. The van der Waals surface area contributed by atoms with Crippen molar-refractivity contribution in [2.45, 2.75) is 44.6 Å². The number of methoxy groups -OCH3 is 1. The normalized spacial score (nSPS) is 11.5. The molecule has 1 heterocycles. The van der Waals surface area contributed by atoms with E-state index in [1.807, 2.05) is 6.08 Å². The molecule has 0 fully saturated rings. The van der Waals surface area contributed by atoms with E-state index < -0.39 is 12.0 Å². The first-order valence-corrected chi connectivity index (χ1v) is 7.58. The Bertz CT molecular complexity index is 474. The average molecular weight is 304 g/mol.